The van der Waals surface area contributed by atoms with E-state index in [0.717, 1.165) is 12.4 Å². The Morgan fingerprint density at radius 3 is 2.45 bits per heavy atom. The van der Waals surface area contributed by atoms with Crippen molar-refractivity contribution < 1.29 is 31.9 Å². The highest BCUT2D eigenvalue weighted by Gasteiger charge is 2.31. The number of halogens is 5. The van der Waals surface area contributed by atoms with Gasteiger partial charge in [-0.2, -0.15) is 13.2 Å². The molecule has 3 amide bonds. The summed E-state index contributed by atoms with van der Waals surface area (Å²) in [6.07, 6.45) is -1.72. The van der Waals surface area contributed by atoms with Gasteiger partial charge in [-0.3, -0.25) is 14.4 Å². The van der Waals surface area contributed by atoms with Crippen LogP contribution in [0.5, 0.6) is 0 Å². The standard InChI is InChI=1S/C20H20ClF4N5O3/c21-13-7-11(22)3-6-14(13)30-17(31)10-1-4-12(5-2-10)29-19(33)16-15(27-9-28-16)18(32)26-8-20(23,24)25/h3,6-7,9-10,12H,1-2,4-5,8H2,(H,26,32)(H,27,28)(H,29,33)(H,30,31)/t10-,12-. The lowest BCUT2D eigenvalue weighted by molar-refractivity contribution is -0.123. The number of carbonyl (C=O) groups excluding carboxylic acids is 3. The van der Waals surface area contributed by atoms with Gasteiger partial charge in [0.25, 0.3) is 11.8 Å². The first-order valence-electron chi connectivity index (χ1n) is 9.98. The first kappa shape index (κ1) is 24.5. The lowest BCUT2D eigenvalue weighted by Crippen LogP contribution is -2.41. The van der Waals surface area contributed by atoms with Crippen LogP contribution in [0.25, 0.3) is 0 Å². The number of benzene rings is 1. The molecule has 1 aliphatic carbocycles. The fraction of sp³-hybridized carbons (Fsp3) is 0.400. The van der Waals surface area contributed by atoms with Crippen molar-refractivity contribution in [1.82, 2.24) is 20.6 Å². The zero-order valence-electron chi connectivity index (χ0n) is 17.1. The van der Waals surface area contributed by atoms with Crippen LogP contribution in [0.2, 0.25) is 5.02 Å². The Kier molecular flexibility index (Phi) is 7.57. The van der Waals surface area contributed by atoms with Crippen LogP contribution in [0, 0.1) is 11.7 Å². The summed E-state index contributed by atoms with van der Waals surface area (Å²) in [6, 6.07) is 3.34. The van der Waals surface area contributed by atoms with Crippen molar-refractivity contribution in [2.24, 2.45) is 5.92 Å². The average Bonchev–Trinajstić information content (AvgIpc) is 3.24. The van der Waals surface area contributed by atoms with Gasteiger partial charge >= 0.3 is 6.18 Å². The highest BCUT2D eigenvalue weighted by atomic mass is 35.5. The minimum Gasteiger partial charge on any atom is -0.348 e. The van der Waals surface area contributed by atoms with Crippen LogP contribution in [-0.2, 0) is 4.79 Å². The second kappa shape index (κ2) is 10.2. The molecular weight excluding hydrogens is 470 g/mol. The molecule has 8 nitrogen and oxygen atoms in total. The van der Waals surface area contributed by atoms with E-state index >= 15 is 0 Å². The van der Waals surface area contributed by atoms with Crippen LogP contribution in [-0.4, -0.2) is 46.5 Å². The van der Waals surface area contributed by atoms with Crippen molar-refractivity contribution >= 4 is 35.0 Å². The fourth-order valence-corrected chi connectivity index (χ4v) is 3.70. The third-order valence-corrected chi connectivity index (χ3v) is 5.47. The maximum Gasteiger partial charge on any atom is 0.405 e. The fourth-order valence-electron chi connectivity index (χ4n) is 3.49. The number of amides is 3. The van der Waals surface area contributed by atoms with Gasteiger partial charge < -0.3 is 20.9 Å². The minimum absolute atomic E-state index is 0.0823. The number of aromatic nitrogens is 2. The second-order valence-electron chi connectivity index (χ2n) is 7.56. The van der Waals surface area contributed by atoms with Gasteiger partial charge in [-0.25, -0.2) is 9.37 Å². The number of nitrogens with zero attached hydrogens (tertiary/aromatic N) is 1. The molecule has 0 unspecified atom stereocenters. The van der Waals surface area contributed by atoms with Crippen molar-refractivity contribution in [1.29, 1.82) is 0 Å². The molecule has 33 heavy (non-hydrogen) atoms. The van der Waals surface area contributed by atoms with Crippen molar-refractivity contribution in [2.75, 3.05) is 11.9 Å². The van der Waals surface area contributed by atoms with Crippen molar-refractivity contribution in [3.63, 3.8) is 0 Å². The SMILES string of the molecule is O=C(NCC(F)(F)F)c1nc[nH]c1C(=O)N[C@H]1CC[C@H](C(=O)Nc2ccc(F)cc2Cl)CC1. The molecule has 13 heteroatoms. The largest absolute Gasteiger partial charge is 0.405 e. The van der Waals surface area contributed by atoms with Crippen LogP contribution < -0.4 is 16.0 Å². The topological polar surface area (TPSA) is 116 Å². The molecule has 3 rings (SSSR count). The highest BCUT2D eigenvalue weighted by Crippen LogP contribution is 2.28. The summed E-state index contributed by atoms with van der Waals surface area (Å²) in [7, 11) is 0. The summed E-state index contributed by atoms with van der Waals surface area (Å²) in [5.74, 6) is -2.94. The molecule has 1 saturated carbocycles. The van der Waals surface area contributed by atoms with E-state index in [2.05, 4.69) is 20.6 Å². The van der Waals surface area contributed by atoms with E-state index in [1.54, 1.807) is 5.32 Å². The molecule has 1 fully saturated rings. The number of H-pyrrole nitrogens is 1. The van der Waals surface area contributed by atoms with Crippen molar-refractivity contribution in [3.05, 3.63) is 46.8 Å². The number of aromatic amines is 1. The Hall–Kier alpha value is -3.15. The Balaban J connectivity index is 1.51. The first-order valence-corrected chi connectivity index (χ1v) is 10.4. The summed E-state index contributed by atoms with van der Waals surface area (Å²) >= 11 is 5.92. The maximum atomic E-state index is 13.1. The zero-order chi connectivity index (χ0) is 24.2. The van der Waals surface area contributed by atoms with Crippen LogP contribution >= 0.6 is 11.6 Å². The predicted octanol–water partition coefficient (Wildman–Crippen LogP) is 3.42. The highest BCUT2D eigenvalue weighted by molar-refractivity contribution is 6.33. The molecule has 0 spiro atoms. The number of imidazole rings is 1. The molecule has 1 heterocycles. The molecule has 4 N–H and O–H groups in total. The van der Waals surface area contributed by atoms with Gasteiger partial charge in [0.2, 0.25) is 5.91 Å². The van der Waals surface area contributed by atoms with E-state index in [9.17, 15) is 31.9 Å². The number of alkyl halides is 3. The minimum atomic E-state index is -4.60. The summed E-state index contributed by atoms with van der Waals surface area (Å²) < 4.78 is 50.0. The summed E-state index contributed by atoms with van der Waals surface area (Å²) in [4.78, 5) is 43.0. The van der Waals surface area contributed by atoms with Gasteiger partial charge in [0, 0.05) is 12.0 Å². The smallest absolute Gasteiger partial charge is 0.348 e. The number of carbonyl (C=O) groups is 3. The van der Waals surface area contributed by atoms with E-state index in [4.69, 9.17) is 11.6 Å². The quantitative estimate of drug-likeness (QED) is 0.465. The molecule has 0 saturated heterocycles. The monoisotopic (exact) mass is 489 g/mol. The summed E-state index contributed by atoms with van der Waals surface area (Å²) in [6.45, 7) is -1.55. The van der Waals surface area contributed by atoms with Crippen molar-refractivity contribution in [2.45, 2.75) is 37.9 Å². The number of rotatable bonds is 6. The first-order chi connectivity index (χ1) is 15.5. The lowest BCUT2D eigenvalue weighted by atomic mass is 9.85. The molecule has 1 aliphatic rings. The second-order valence-corrected chi connectivity index (χ2v) is 7.97. The van der Waals surface area contributed by atoms with Gasteiger partial charge in [-0.05, 0) is 43.9 Å². The zero-order valence-corrected chi connectivity index (χ0v) is 17.8. The van der Waals surface area contributed by atoms with Crippen LogP contribution in [0.1, 0.15) is 46.7 Å². The van der Waals surface area contributed by atoms with Crippen LogP contribution in [0.15, 0.2) is 24.5 Å². The Bertz CT molecular complexity index is 1030. The normalized spacial score (nSPS) is 18.5. The maximum absolute atomic E-state index is 13.1. The molecule has 178 valence electrons. The molecule has 1 aromatic carbocycles. The number of hydrogen-bond acceptors (Lipinski definition) is 4. The van der Waals surface area contributed by atoms with Crippen LogP contribution in [0.3, 0.4) is 0 Å². The molecule has 1 aromatic heterocycles. The van der Waals surface area contributed by atoms with E-state index in [-0.39, 0.29) is 28.6 Å². The summed E-state index contributed by atoms with van der Waals surface area (Å²) in [5.41, 5.74) is -0.393. The molecule has 2 aromatic rings. The predicted molar refractivity (Wildman–Crippen MR) is 110 cm³/mol. The molecule has 0 bridgehead atoms. The Morgan fingerprint density at radius 1 is 1.12 bits per heavy atom. The number of nitrogens with one attached hydrogen (secondary N) is 4. The van der Waals surface area contributed by atoms with E-state index in [1.165, 1.54) is 12.1 Å². The van der Waals surface area contributed by atoms with Gasteiger partial charge in [-0.1, -0.05) is 11.6 Å². The van der Waals surface area contributed by atoms with Gasteiger partial charge in [0.1, 0.15) is 18.1 Å². The molecule has 0 aliphatic heterocycles. The van der Waals surface area contributed by atoms with Gasteiger partial charge in [0.15, 0.2) is 5.69 Å². The van der Waals surface area contributed by atoms with Gasteiger partial charge in [-0.15, -0.1) is 0 Å². The lowest BCUT2D eigenvalue weighted by Gasteiger charge is -2.28. The van der Waals surface area contributed by atoms with Gasteiger partial charge in [0.05, 0.1) is 17.0 Å². The van der Waals surface area contributed by atoms with Crippen LogP contribution in [0.4, 0.5) is 23.2 Å². The number of anilines is 1. The van der Waals surface area contributed by atoms with E-state index in [1.807, 2.05) is 0 Å². The average molecular weight is 490 g/mol. The summed E-state index contributed by atoms with van der Waals surface area (Å²) in [5, 5.41) is 7.12. The van der Waals surface area contributed by atoms with Crippen molar-refractivity contribution in [3.8, 4) is 0 Å². The third kappa shape index (κ3) is 6.67. The molecule has 0 atom stereocenters. The molecular formula is C20H20ClF4N5O3. The molecule has 0 radical (unpaired) electrons. The Morgan fingerprint density at radius 2 is 1.82 bits per heavy atom. The number of hydrogen-bond donors (Lipinski definition) is 4. The third-order valence-electron chi connectivity index (χ3n) is 5.15. The van der Waals surface area contributed by atoms with E-state index < -0.39 is 36.0 Å². The van der Waals surface area contributed by atoms with E-state index in [0.29, 0.717) is 31.4 Å². The Labute approximate surface area is 190 Å².